The van der Waals surface area contributed by atoms with Gasteiger partial charge in [-0.1, -0.05) is 25.1 Å². The molecule has 2 aliphatic rings. The van der Waals surface area contributed by atoms with Crippen LogP contribution in [0.15, 0.2) is 29.3 Å². The van der Waals surface area contributed by atoms with Crippen LogP contribution in [0.5, 0.6) is 5.75 Å². The topological polar surface area (TPSA) is 36.9 Å². The Bertz CT molecular complexity index is 510. The van der Waals surface area contributed by atoms with E-state index in [4.69, 9.17) is 9.73 Å². The Labute approximate surface area is 156 Å². The molecule has 0 saturated carbocycles. The third-order valence-corrected chi connectivity index (χ3v) is 4.45. The zero-order valence-corrected chi connectivity index (χ0v) is 16.5. The van der Waals surface area contributed by atoms with Crippen molar-refractivity contribution in [3.63, 3.8) is 0 Å². The minimum absolute atomic E-state index is 0. The summed E-state index contributed by atoms with van der Waals surface area (Å²) in [5, 5.41) is 3.44. The summed E-state index contributed by atoms with van der Waals surface area (Å²) < 4.78 is 5.99. The number of para-hydroxylation sites is 1. The number of hydrogen-bond donors (Lipinski definition) is 1. The number of benzene rings is 1. The summed E-state index contributed by atoms with van der Waals surface area (Å²) in [6.45, 7) is 8.31. The molecule has 1 aromatic carbocycles. The van der Waals surface area contributed by atoms with Gasteiger partial charge in [0.25, 0.3) is 0 Å². The number of likely N-dealkylation sites (tertiary alicyclic amines) is 1. The smallest absolute Gasteiger partial charge is 0.194 e. The van der Waals surface area contributed by atoms with Gasteiger partial charge in [0.15, 0.2) is 5.96 Å². The largest absolute Gasteiger partial charge is 0.488 e. The van der Waals surface area contributed by atoms with E-state index in [-0.39, 0.29) is 30.1 Å². The molecule has 0 aromatic heterocycles. The summed E-state index contributed by atoms with van der Waals surface area (Å²) in [7, 11) is 0. The van der Waals surface area contributed by atoms with Gasteiger partial charge < -0.3 is 15.0 Å². The van der Waals surface area contributed by atoms with Crippen LogP contribution in [-0.4, -0.2) is 43.1 Å². The lowest BCUT2D eigenvalue weighted by Gasteiger charge is -2.33. The molecule has 0 amide bonds. The molecule has 3 rings (SSSR count). The molecule has 4 nitrogen and oxygen atoms in total. The van der Waals surface area contributed by atoms with Gasteiger partial charge in [0.1, 0.15) is 11.9 Å². The van der Waals surface area contributed by atoms with E-state index >= 15 is 0 Å². The van der Waals surface area contributed by atoms with Crippen molar-refractivity contribution in [2.75, 3.05) is 26.2 Å². The van der Waals surface area contributed by atoms with Crippen molar-refractivity contribution in [2.24, 2.45) is 10.9 Å². The lowest BCUT2D eigenvalue weighted by Crippen LogP contribution is -2.46. The fourth-order valence-electron chi connectivity index (χ4n) is 3.35. The number of piperidine rings is 1. The maximum Gasteiger partial charge on any atom is 0.194 e. The van der Waals surface area contributed by atoms with Crippen molar-refractivity contribution in [2.45, 2.75) is 39.2 Å². The SMILES string of the molecule is CCNC(=NCC1Cc2ccccc2O1)N1CCCC(C)C1.I. The molecule has 2 atom stereocenters. The Morgan fingerprint density at radius 1 is 1.39 bits per heavy atom. The molecule has 1 N–H and O–H groups in total. The van der Waals surface area contributed by atoms with Crippen molar-refractivity contribution in [1.82, 2.24) is 10.2 Å². The van der Waals surface area contributed by atoms with Crippen LogP contribution in [-0.2, 0) is 6.42 Å². The zero-order valence-electron chi connectivity index (χ0n) is 14.1. The first-order valence-corrected chi connectivity index (χ1v) is 8.54. The van der Waals surface area contributed by atoms with Crippen LogP contribution >= 0.6 is 24.0 Å². The zero-order chi connectivity index (χ0) is 15.4. The number of nitrogens with one attached hydrogen (secondary N) is 1. The quantitative estimate of drug-likeness (QED) is 0.455. The average molecular weight is 429 g/mol. The van der Waals surface area contributed by atoms with E-state index in [1.807, 2.05) is 6.07 Å². The van der Waals surface area contributed by atoms with Gasteiger partial charge in [-0.3, -0.25) is 0 Å². The second-order valence-corrected chi connectivity index (χ2v) is 6.44. The van der Waals surface area contributed by atoms with E-state index in [0.29, 0.717) is 0 Å². The maximum atomic E-state index is 5.99. The highest BCUT2D eigenvalue weighted by Gasteiger charge is 2.23. The first-order valence-electron chi connectivity index (χ1n) is 8.54. The molecule has 0 bridgehead atoms. The normalized spacial score (nSPS) is 23.7. The van der Waals surface area contributed by atoms with Crippen molar-refractivity contribution in [3.05, 3.63) is 29.8 Å². The summed E-state index contributed by atoms with van der Waals surface area (Å²) in [5.41, 5.74) is 1.30. The lowest BCUT2D eigenvalue weighted by atomic mass is 10.0. The van der Waals surface area contributed by atoms with Crippen molar-refractivity contribution in [1.29, 1.82) is 0 Å². The fraction of sp³-hybridized carbons (Fsp3) is 0.611. The van der Waals surface area contributed by atoms with Gasteiger partial charge in [-0.05, 0) is 37.3 Å². The molecule has 0 aliphatic carbocycles. The van der Waals surface area contributed by atoms with E-state index < -0.39 is 0 Å². The van der Waals surface area contributed by atoms with Gasteiger partial charge in [-0.25, -0.2) is 4.99 Å². The first kappa shape index (κ1) is 18.4. The molecule has 2 aliphatic heterocycles. The highest BCUT2D eigenvalue weighted by Crippen LogP contribution is 2.28. The molecular weight excluding hydrogens is 401 g/mol. The average Bonchev–Trinajstić information content (AvgIpc) is 2.94. The molecule has 5 heteroatoms. The van der Waals surface area contributed by atoms with E-state index in [2.05, 4.69) is 42.3 Å². The van der Waals surface area contributed by atoms with E-state index in [1.165, 1.54) is 18.4 Å². The van der Waals surface area contributed by atoms with Crippen molar-refractivity contribution in [3.8, 4) is 5.75 Å². The third-order valence-electron chi connectivity index (χ3n) is 4.45. The second kappa shape index (κ2) is 8.76. The van der Waals surface area contributed by atoms with Crippen molar-refractivity contribution < 1.29 is 4.74 Å². The van der Waals surface area contributed by atoms with Crippen LogP contribution in [0.3, 0.4) is 0 Å². The van der Waals surface area contributed by atoms with Crippen LogP contribution < -0.4 is 10.1 Å². The molecule has 2 unspecified atom stereocenters. The van der Waals surface area contributed by atoms with Gasteiger partial charge in [-0.2, -0.15) is 0 Å². The molecule has 0 spiro atoms. The molecular formula is C18H28IN3O. The molecule has 1 saturated heterocycles. The Morgan fingerprint density at radius 2 is 2.22 bits per heavy atom. The number of hydrogen-bond acceptors (Lipinski definition) is 2. The fourth-order valence-corrected chi connectivity index (χ4v) is 3.35. The molecule has 1 fully saturated rings. The monoisotopic (exact) mass is 429 g/mol. The number of nitrogens with zero attached hydrogens (tertiary/aromatic N) is 2. The van der Waals surface area contributed by atoms with E-state index in [1.54, 1.807) is 0 Å². The predicted molar refractivity (Wildman–Crippen MR) is 106 cm³/mol. The van der Waals surface area contributed by atoms with Gasteiger partial charge in [0.05, 0.1) is 6.54 Å². The Hall–Kier alpha value is -0.980. The highest BCUT2D eigenvalue weighted by atomic mass is 127. The predicted octanol–water partition coefficient (Wildman–Crippen LogP) is 3.31. The van der Waals surface area contributed by atoms with Crippen LogP contribution in [0.1, 0.15) is 32.3 Å². The van der Waals surface area contributed by atoms with Gasteiger partial charge in [0.2, 0.25) is 0 Å². The molecule has 2 heterocycles. The number of fused-ring (bicyclic) bond motifs is 1. The third kappa shape index (κ3) is 4.75. The Balaban J connectivity index is 0.00000192. The summed E-state index contributed by atoms with van der Waals surface area (Å²) in [4.78, 5) is 7.25. The molecule has 0 radical (unpaired) electrons. The van der Waals surface area contributed by atoms with Crippen molar-refractivity contribution >= 4 is 29.9 Å². The van der Waals surface area contributed by atoms with Crippen LogP contribution in [0.2, 0.25) is 0 Å². The van der Waals surface area contributed by atoms with E-state index in [0.717, 1.165) is 50.2 Å². The minimum atomic E-state index is 0. The number of aliphatic imine (C=N–C) groups is 1. The number of ether oxygens (including phenoxy) is 1. The summed E-state index contributed by atoms with van der Waals surface area (Å²) in [5.74, 6) is 2.83. The Morgan fingerprint density at radius 3 is 2.96 bits per heavy atom. The Kier molecular flexibility index (Phi) is 6.99. The van der Waals surface area contributed by atoms with Gasteiger partial charge in [-0.15, -0.1) is 24.0 Å². The summed E-state index contributed by atoms with van der Waals surface area (Å²) in [6.07, 6.45) is 3.73. The summed E-state index contributed by atoms with van der Waals surface area (Å²) >= 11 is 0. The van der Waals surface area contributed by atoms with Gasteiger partial charge >= 0.3 is 0 Å². The number of guanidine groups is 1. The second-order valence-electron chi connectivity index (χ2n) is 6.44. The lowest BCUT2D eigenvalue weighted by molar-refractivity contribution is 0.237. The van der Waals surface area contributed by atoms with Gasteiger partial charge in [0, 0.05) is 26.1 Å². The maximum absolute atomic E-state index is 5.99. The highest BCUT2D eigenvalue weighted by molar-refractivity contribution is 14.0. The van der Waals surface area contributed by atoms with Crippen LogP contribution in [0, 0.1) is 5.92 Å². The molecule has 1 aromatic rings. The summed E-state index contributed by atoms with van der Waals surface area (Å²) in [6, 6.07) is 8.31. The number of rotatable bonds is 3. The molecule has 128 valence electrons. The van der Waals surface area contributed by atoms with Crippen LogP contribution in [0.25, 0.3) is 0 Å². The first-order chi connectivity index (χ1) is 10.8. The molecule has 23 heavy (non-hydrogen) atoms. The van der Waals surface area contributed by atoms with E-state index in [9.17, 15) is 0 Å². The van der Waals surface area contributed by atoms with Crippen LogP contribution in [0.4, 0.5) is 0 Å². The number of halogens is 1. The standard InChI is InChI=1S/C18H27N3O.HI/c1-3-19-18(21-10-6-7-14(2)13-21)20-12-16-11-15-8-4-5-9-17(15)22-16;/h4-5,8-9,14,16H,3,6-7,10-13H2,1-2H3,(H,19,20);1H. The minimum Gasteiger partial charge on any atom is -0.488 e.